The van der Waals surface area contributed by atoms with Gasteiger partial charge in [0.25, 0.3) is 5.91 Å². The average molecular weight is 336 g/mol. The summed E-state index contributed by atoms with van der Waals surface area (Å²) in [7, 11) is 1.72. The van der Waals surface area contributed by atoms with Crippen LogP contribution in [0, 0.1) is 12.9 Å². The van der Waals surface area contributed by atoms with Crippen molar-refractivity contribution in [1.82, 2.24) is 19.2 Å². The van der Waals surface area contributed by atoms with Crippen molar-refractivity contribution in [2.75, 3.05) is 5.32 Å². The van der Waals surface area contributed by atoms with Crippen LogP contribution in [0.5, 0.6) is 0 Å². The number of rotatable bonds is 3. The maximum atomic E-state index is 14.4. The van der Waals surface area contributed by atoms with Crippen LogP contribution in [0.25, 0.3) is 5.65 Å². The minimum Gasteiger partial charge on any atom is -0.305 e. The maximum absolute atomic E-state index is 14.4. The molecule has 3 aromatic rings. The Morgan fingerprint density at radius 2 is 2.17 bits per heavy atom. The maximum Gasteiger partial charge on any atom is 0.280 e. The monoisotopic (exact) mass is 335 g/mol. The van der Waals surface area contributed by atoms with Gasteiger partial charge in [-0.2, -0.15) is 9.49 Å². The van der Waals surface area contributed by atoms with Crippen molar-refractivity contribution in [3.05, 3.63) is 46.3 Å². The third kappa shape index (κ3) is 2.57. The molecule has 3 heterocycles. The van der Waals surface area contributed by atoms with E-state index in [2.05, 4.69) is 15.4 Å². The molecular formula is C15H15ClFN5O. The first-order valence-corrected chi connectivity index (χ1v) is 7.47. The first kappa shape index (κ1) is 15.5. The van der Waals surface area contributed by atoms with Crippen LogP contribution < -0.4 is 5.32 Å². The smallest absolute Gasteiger partial charge is 0.280 e. The molecule has 23 heavy (non-hydrogen) atoms. The summed E-state index contributed by atoms with van der Waals surface area (Å²) in [4.78, 5) is 16.4. The fraction of sp³-hybridized carbons (Fsp3) is 0.267. The number of hydrogen-bond donors (Lipinski definition) is 1. The molecule has 120 valence electrons. The van der Waals surface area contributed by atoms with E-state index in [1.54, 1.807) is 23.9 Å². The van der Waals surface area contributed by atoms with Crippen LogP contribution >= 0.6 is 11.6 Å². The zero-order chi connectivity index (χ0) is 16.7. The quantitative estimate of drug-likeness (QED) is 0.800. The number of anilines is 1. The number of nitrogens with one attached hydrogen (secondary N) is 1. The van der Waals surface area contributed by atoms with Crippen LogP contribution in [-0.2, 0) is 13.5 Å². The van der Waals surface area contributed by atoms with Crippen molar-refractivity contribution in [3.8, 4) is 0 Å². The lowest BCUT2D eigenvalue weighted by Crippen LogP contribution is -2.17. The molecule has 0 saturated heterocycles. The molecule has 0 aromatic carbocycles. The molecule has 0 radical (unpaired) electrons. The van der Waals surface area contributed by atoms with Crippen LogP contribution in [-0.4, -0.2) is 25.1 Å². The van der Waals surface area contributed by atoms with Gasteiger partial charge in [-0.15, -0.1) is 0 Å². The number of hydrogen-bond acceptors (Lipinski definition) is 3. The molecule has 0 bridgehead atoms. The van der Waals surface area contributed by atoms with Crippen molar-refractivity contribution >= 4 is 29.0 Å². The number of imidazole rings is 1. The lowest BCUT2D eigenvalue weighted by Gasteiger charge is -2.05. The summed E-state index contributed by atoms with van der Waals surface area (Å²) in [6.07, 6.45) is 2.12. The number of halogens is 2. The molecule has 1 N–H and O–H groups in total. The van der Waals surface area contributed by atoms with Gasteiger partial charge in [0.15, 0.2) is 5.69 Å². The second-order valence-corrected chi connectivity index (χ2v) is 5.61. The Morgan fingerprint density at radius 1 is 1.43 bits per heavy atom. The Kier molecular flexibility index (Phi) is 3.81. The molecule has 0 atom stereocenters. The topological polar surface area (TPSA) is 64.2 Å². The molecule has 0 aliphatic rings. The van der Waals surface area contributed by atoms with Crippen LogP contribution in [0.4, 0.5) is 10.2 Å². The number of fused-ring (bicyclic) bond motifs is 1. The SMILES string of the molecule is CCc1nn(C)c(NC(=O)c2nc3ccc(Cl)cn3c2F)c1C. The molecule has 6 nitrogen and oxygen atoms in total. The lowest BCUT2D eigenvalue weighted by molar-refractivity contribution is 0.101. The second-order valence-electron chi connectivity index (χ2n) is 5.18. The van der Waals surface area contributed by atoms with Gasteiger partial charge in [-0.3, -0.25) is 13.9 Å². The first-order chi connectivity index (χ1) is 10.9. The first-order valence-electron chi connectivity index (χ1n) is 7.09. The molecule has 0 aliphatic carbocycles. The van der Waals surface area contributed by atoms with E-state index in [-0.39, 0.29) is 5.69 Å². The van der Waals surface area contributed by atoms with E-state index in [1.165, 1.54) is 6.20 Å². The third-order valence-corrected chi connectivity index (χ3v) is 3.91. The van der Waals surface area contributed by atoms with Crippen molar-refractivity contribution in [1.29, 1.82) is 0 Å². The van der Waals surface area contributed by atoms with Gasteiger partial charge in [0, 0.05) is 18.8 Å². The predicted molar refractivity (Wildman–Crippen MR) is 85.4 cm³/mol. The fourth-order valence-corrected chi connectivity index (χ4v) is 2.66. The molecule has 0 aliphatic heterocycles. The van der Waals surface area contributed by atoms with Crippen molar-refractivity contribution in [2.45, 2.75) is 20.3 Å². The number of pyridine rings is 1. The molecule has 0 unspecified atom stereocenters. The number of carbonyl (C=O) groups excluding carboxylic acids is 1. The second kappa shape index (κ2) is 5.66. The summed E-state index contributed by atoms with van der Waals surface area (Å²) >= 11 is 5.84. The van der Waals surface area contributed by atoms with Gasteiger partial charge in [-0.1, -0.05) is 18.5 Å². The van der Waals surface area contributed by atoms with Crippen LogP contribution in [0.1, 0.15) is 28.7 Å². The lowest BCUT2D eigenvalue weighted by atomic mass is 10.2. The molecule has 3 aromatic heterocycles. The summed E-state index contributed by atoms with van der Waals surface area (Å²) in [6, 6.07) is 3.14. The summed E-state index contributed by atoms with van der Waals surface area (Å²) in [5, 5.41) is 7.35. The van der Waals surface area contributed by atoms with Crippen molar-refractivity contribution in [3.63, 3.8) is 0 Å². The summed E-state index contributed by atoms with van der Waals surface area (Å²) in [5.41, 5.74) is 1.76. The highest BCUT2D eigenvalue weighted by Gasteiger charge is 2.22. The highest BCUT2D eigenvalue weighted by molar-refractivity contribution is 6.30. The molecule has 8 heteroatoms. The van der Waals surface area contributed by atoms with E-state index < -0.39 is 11.9 Å². The van der Waals surface area contributed by atoms with Gasteiger partial charge >= 0.3 is 0 Å². The van der Waals surface area contributed by atoms with Gasteiger partial charge in [0.05, 0.1) is 10.7 Å². The highest BCUT2D eigenvalue weighted by atomic mass is 35.5. The number of carbonyl (C=O) groups is 1. The van der Waals surface area contributed by atoms with E-state index in [0.29, 0.717) is 16.5 Å². The van der Waals surface area contributed by atoms with Crippen LogP contribution in [0.2, 0.25) is 5.02 Å². The average Bonchev–Trinajstić information content (AvgIpc) is 2.99. The van der Waals surface area contributed by atoms with Crippen LogP contribution in [0.15, 0.2) is 18.3 Å². The Bertz CT molecular complexity index is 914. The van der Waals surface area contributed by atoms with Crippen molar-refractivity contribution in [2.24, 2.45) is 7.05 Å². The van der Waals surface area contributed by atoms with E-state index in [1.807, 2.05) is 13.8 Å². The van der Waals surface area contributed by atoms with E-state index in [0.717, 1.165) is 22.1 Å². The minimum absolute atomic E-state index is 0.286. The van der Waals surface area contributed by atoms with Gasteiger partial charge in [0.2, 0.25) is 5.95 Å². The molecule has 0 spiro atoms. The number of amides is 1. The number of nitrogens with zero attached hydrogens (tertiary/aromatic N) is 4. The van der Waals surface area contributed by atoms with E-state index >= 15 is 0 Å². The van der Waals surface area contributed by atoms with E-state index in [4.69, 9.17) is 11.6 Å². The van der Waals surface area contributed by atoms with Gasteiger partial charge in [-0.25, -0.2) is 4.98 Å². The Morgan fingerprint density at radius 3 is 2.83 bits per heavy atom. The third-order valence-electron chi connectivity index (χ3n) is 3.69. The number of aryl methyl sites for hydroxylation is 2. The van der Waals surface area contributed by atoms with Gasteiger partial charge in [-0.05, 0) is 25.5 Å². The van der Waals surface area contributed by atoms with Gasteiger partial charge < -0.3 is 5.32 Å². The van der Waals surface area contributed by atoms with E-state index in [9.17, 15) is 9.18 Å². The minimum atomic E-state index is -0.754. The molecular weight excluding hydrogens is 321 g/mol. The Labute approximate surface area is 136 Å². The Balaban J connectivity index is 1.98. The molecule has 0 saturated carbocycles. The largest absolute Gasteiger partial charge is 0.305 e. The predicted octanol–water partition coefficient (Wildman–Crippen LogP) is 2.98. The standard InChI is InChI=1S/C15H15ClFN5O/c1-4-10-8(2)14(21(3)20-10)19-15(23)12-13(17)22-7-9(16)5-6-11(22)18-12/h5-7H,4H2,1-3H3,(H,19,23). The Hall–Kier alpha value is -2.41. The normalized spacial score (nSPS) is 11.2. The summed E-state index contributed by atoms with van der Waals surface area (Å²) in [5.74, 6) is -0.854. The van der Waals surface area contributed by atoms with Crippen molar-refractivity contribution < 1.29 is 9.18 Å². The van der Waals surface area contributed by atoms with Gasteiger partial charge in [0.1, 0.15) is 11.5 Å². The van der Waals surface area contributed by atoms with Crippen LogP contribution in [0.3, 0.4) is 0 Å². The summed E-state index contributed by atoms with van der Waals surface area (Å²) < 4.78 is 17.1. The zero-order valence-electron chi connectivity index (χ0n) is 12.9. The summed E-state index contributed by atoms with van der Waals surface area (Å²) in [6.45, 7) is 3.84. The highest BCUT2D eigenvalue weighted by Crippen LogP contribution is 2.21. The zero-order valence-corrected chi connectivity index (χ0v) is 13.6. The molecule has 0 fully saturated rings. The molecule has 3 rings (SSSR count). The number of aromatic nitrogens is 4. The molecule has 1 amide bonds. The fourth-order valence-electron chi connectivity index (χ4n) is 2.50.